The number of likely N-dealkylation sites (tertiary alicyclic amines) is 1. The molecule has 0 radical (unpaired) electrons. The molecule has 8 nitrogen and oxygen atoms in total. The fourth-order valence-corrected chi connectivity index (χ4v) is 4.11. The summed E-state index contributed by atoms with van der Waals surface area (Å²) in [5.41, 5.74) is 1.45. The minimum Gasteiger partial charge on any atom is -0.379 e. The molecule has 0 aromatic carbocycles. The van der Waals surface area contributed by atoms with E-state index in [2.05, 4.69) is 10.00 Å². The lowest BCUT2D eigenvalue weighted by atomic mass is 10.0. The van der Waals surface area contributed by atoms with Crippen LogP contribution >= 0.6 is 0 Å². The second-order valence-electron chi connectivity index (χ2n) is 7.86. The molecular weight excluding hydrogens is 358 g/mol. The van der Waals surface area contributed by atoms with E-state index < -0.39 is 0 Å². The van der Waals surface area contributed by atoms with Crippen LogP contribution in [0.5, 0.6) is 0 Å². The molecule has 0 aliphatic carbocycles. The van der Waals surface area contributed by atoms with E-state index in [0.717, 1.165) is 70.9 Å². The summed E-state index contributed by atoms with van der Waals surface area (Å²) in [4.78, 5) is 31.4. The van der Waals surface area contributed by atoms with E-state index >= 15 is 0 Å². The summed E-state index contributed by atoms with van der Waals surface area (Å²) in [7, 11) is 1.84. The Kier molecular flexibility index (Phi) is 7.07. The normalized spacial score (nSPS) is 21.0. The van der Waals surface area contributed by atoms with Crippen molar-refractivity contribution in [2.24, 2.45) is 7.05 Å². The van der Waals surface area contributed by atoms with Crippen molar-refractivity contribution in [3.8, 4) is 0 Å². The molecule has 3 rings (SSSR count). The van der Waals surface area contributed by atoms with Crippen molar-refractivity contribution in [1.82, 2.24) is 24.5 Å². The number of amides is 2. The molecule has 0 spiro atoms. The zero-order chi connectivity index (χ0) is 20.1. The Bertz CT molecular complexity index is 664. The van der Waals surface area contributed by atoms with E-state index in [1.54, 1.807) is 11.6 Å². The van der Waals surface area contributed by atoms with Crippen LogP contribution in [0, 0.1) is 6.92 Å². The molecule has 2 aliphatic heterocycles. The summed E-state index contributed by atoms with van der Waals surface area (Å²) in [6.45, 7) is 10.1. The number of piperidine rings is 1. The average Bonchev–Trinajstić information content (AvgIpc) is 3.04. The lowest BCUT2D eigenvalue weighted by molar-refractivity contribution is -0.132. The van der Waals surface area contributed by atoms with Gasteiger partial charge < -0.3 is 14.5 Å². The van der Waals surface area contributed by atoms with E-state index in [1.807, 2.05) is 29.8 Å². The van der Waals surface area contributed by atoms with Gasteiger partial charge in [-0.05, 0) is 32.3 Å². The van der Waals surface area contributed by atoms with Crippen molar-refractivity contribution < 1.29 is 14.3 Å². The first kappa shape index (κ1) is 20.8. The van der Waals surface area contributed by atoms with Crippen molar-refractivity contribution in [2.45, 2.75) is 39.2 Å². The number of morpholine rings is 1. The van der Waals surface area contributed by atoms with Crippen molar-refractivity contribution in [2.75, 3.05) is 52.5 Å². The Labute approximate surface area is 167 Å². The number of carbonyl (C=O) groups excluding carboxylic acids is 2. The predicted octanol–water partition coefficient (Wildman–Crippen LogP) is 0.904. The lowest BCUT2D eigenvalue weighted by Crippen LogP contribution is -2.52. The second-order valence-corrected chi connectivity index (χ2v) is 7.86. The molecule has 2 saturated heterocycles. The molecule has 0 bridgehead atoms. The van der Waals surface area contributed by atoms with Gasteiger partial charge in [-0.3, -0.25) is 19.2 Å². The van der Waals surface area contributed by atoms with Crippen LogP contribution in [0.4, 0.5) is 0 Å². The Balaban J connectivity index is 1.56. The van der Waals surface area contributed by atoms with E-state index in [0.29, 0.717) is 12.2 Å². The van der Waals surface area contributed by atoms with Gasteiger partial charge >= 0.3 is 0 Å². The molecule has 1 aromatic rings. The number of hydrogen-bond donors (Lipinski definition) is 0. The quantitative estimate of drug-likeness (QED) is 0.721. The molecule has 1 aromatic heterocycles. The number of ether oxygens (including phenoxy) is 1. The Morgan fingerprint density at radius 2 is 2.04 bits per heavy atom. The highest BCUT2D eigenvalue weighted by atomic mass is 16.5. The van der Waals surface area contributed by atoms with Crippen LogP contribution in [0.2, 0.25) is 0 Å². The van der Waals surface area contributed by atoms with Crippen LogP contribution in [0.25, 0.3) is 0 Å². The monoisotopic (exact) mass is 391 g/mol. The number of hydrogen-bond acceptors (Lipinski definition) is 5. The van der Waals surface area contributed by atoms with Crippen LogP contribution in [0.3, 0.4) is 0 Å². The van der Waals surface area contributed by atoms with Gasteiger partial charge in [0.05, 0.1) is 13.2 Å². The molecule has 2 amide bonds. The van der Waals surface area contributed by atoms with Crippen molar-refractivity contribution in [3.05, 3.63) is 17.5 Å². The zero-order valence-corrected chi connectivity index (χ0v) is 17.4. The van der Waals surface area contributed by atoms with Gasteiger partial charge in [-0.25, -0.2) is 0 Å². The summed E-state index contributed by atoms with van der Waals surface area (Å²) >= 11 is 0. The number of aromatic nitrogens is 2. The summed E-state index contributed by atoms with van der Waals surface area (Å²) in [6.07, 6.45) is 2.81. The third-order valence-electron chi connectivity index (χ3n) is 5.84. The standard InChI is InChI=1S/C20H33N5O3/c1-16-14-19(21-22(16)3)20(27)24-8-4-6-18(15-24)25(17(2)26)9-5-7-23-10-12-28-13-11-23/h14,18H,4-13,15H2,1-3H3. The summed E-state index contributed by atoms with van der Waals surface area (Å²) in [5, 5.41) is 4.32. The van der Waals surface area contributed by atoms with Gasteiger partial charge in [0.2, 0.25) is 5.91 Å². The molecule has 2 fully saturated rings. The summed E-state index contributed by atoms with van der Waals surface area (Å²) < 4.78 is 7.11. The zero-order valence-electron chi connectivity index (χ0n) is 17.4. The fraction of sp³-hybridized carbons (Fsp3) is 0.750. The highest BCUT2D eigenvalue weighted by molar-refractivity contribution is 5.92. The molecule has 3 heterocycles. The minimum atomic E-state index is -0.0368. The molecule has 2 aliphatic rings. The van der Waals surface area contributed by atoms with E-state index in [1.165, 1.54) is 0 Å². The molecule has 0 saturated carbocycles. The highest BCUT2D eigenvalue weighted by Gasteiger charge is 2.30. The third kappa shape index (κ3) is 5.11. The summed E-state index contributed by atoms with van der Waals surface area (Å²) in [6, 6.07) is 1.92. The van der Waals surface area contributed by atoms with Gasteiger partial charge in [-0.15, -0.1) is 0 Å². The van der Waals surface area contributed by atoms with Crippen LogP contribution in [-0.2, 0) is 16.6 Å². The molecule has 28 heavy (non-hydrogen) atoms. The largest absolute Gasteiger partial charge is 0.379 e. The first-order valence-corrected chi connectivity index (χ1v) is 10.3. The van der Waals surface area contributed by atoms with Gasteiger partial charge in [0, 0.05) is 65.0 Å². The SMILES string of the molecule is CC(=O)N(CCCN1CCOCC1)C1CCCN(C(=O)c2cc(C)n(C)n2)C1. The van der Waals surface area contributed by atoms with Crippen molar-refractivity contribution in [3.63, 3.8) is 0 Å². The Hall–Kier alpha value is -1.93. The van der Waals surface area contributed by atoms with Crippen LogP contribution in [0.15, 0.2) is 6.07 Å². The average molecular weight is 392 g/mol. The minimum absolute atomic E-state index is 0.0368. The van der Waals surface area contributed by atoms with Crippen LogP contribution in [-0.4, -0.2) is 94.8 Å². The molecular formula is C20H33N5O3. The van der Waals surface area contributed by atoms with E-state index in [4.69, 9.17) is 4.74 Å². The Morgan fingerprint density at radius 3 is 2.68 bits per heavy atom. The van der Waals surface area contributed by atoms with Crippen LogP contribution in [0.1, 0.15) is 42.4 Å². The number of rotatable bonds is 6. The smallest absolute Gasteiger partial charge is 0.274 e. The van der Waals surface area contributed by atoms with Gasteiger partial charge in [-0.2, -0.15) is 5.10 Å². The van der Waals surface area contributed by atoms with E-state index in [-0.39, 0.29) is 17.9 Å². The van der Waals surface area contributed by atoms with Gasteiger partial charge in [0.15, 0.2) is 5.69 Å². The van der Waals surface area contributed by atoms with Gasteiger partial charge in [-0.1, -0.05) is 0 Å². The van der Waals surface area contributed by atoms with Crippen LogP contribution < -0.4 is 0 Å². The molecule has 156 valence electrons. The van der Waals surface area contributed by atoms with E-state index in [9.17, 15) is 9.59 Å². The van der Waals surface area contributed by atoms with Gasteiger partial charge in [0.1, 0.15) is 0 Å². The number of nitrogens with zero attached hydrogens (tertiary/aromatic N) is 5. The molecule has 8 heteroatoms. The topological polar surface area (TPSA) is 70.9 Å². The third-order valence-corrected chi connectivity index (χ3v) is 5.84. The number of aryl methyl sites for hydroxylation is 2. The maximum atomic E-state index is 12.9. The molecule has 0 N–H and O–H groups in total. The van der Waals surface area contributed by atoms with Crippen molar-refractivity contribution in [1.29, 1.82) is 0 Å². The first-order chi connectivity index (χ1) is 13.5. The lowest BCUT2D eigenvalue weighted by Gasteiger charge is -2.39. The second kappa shape index (κ2) is 9.52. The number of carbonyl (C=O) groups is 2. The summed E-state index contributed by atoms with van der Waals surface area (Å²) in [5.74, 6) is 0.0557. The van der Waals surface area contributed by atoms with Crippen molar-refractivity contribution >= 4 is 11.8 Å². The maximum absolute atomic E-state index is 12.9. The Morgan fingerprint density at radius 1 is 1.29 bits per heavy atom. The fourth-order valence-electron chi connectivity index (χ4n) is 4.11. The van der Waals surface area contributed by atoms with Gasteiger partial charge in [0.25, 0.3) is 5.91 Å². The maximum Gasteiger partial charge on any atom is 0.274 e. The first-order valence-electron chi connectivity index (χ1n) is 10.3. The molecule has 1 atom stereocenters. The predicted molar refractivity (Wildman–Crippen MR) is 106 cm³/mol. The highest BCUT2D eigenvalue weighted by Crippen LogP contribution is 2.19. The molecule has 1 unspecified atom stereocenters.